The van der Waals surface area contributed by atoms with Crippen molar-refractivity contribution in [2.45, 2.75) is 33.2 Å². The van der Waals surface area contributed by atoms with E-state index in [0.29, 0.717) is 6.54 Å². The summed E-state index contributed by atoms with van der Waals surface area (Å²) in [5.41, 5.74) is 2.35. The first-order chi connectivity index (χ1) is 14.1. The Balaban J connectivity index is 1.33. The van der Waals surface area contributed by atoms with Gasteiger partial charge in [0.25, 0.3) is 0 Å². The molecule has 0 aliphatic carbocycles. The fourth-order valence-corrected chi connectivity index (χ4v) is 3.67. The fourth-order valence-electron chi connectivity index (χ4n) is 3.67. The molecule has 7 nitrogen and oxygen atoms in total. The van der Waals surface area contributed by atoms with E-state index in [0.717, 1.165) is 49.0 Å². The van der Waals surface area contributed by atoms with E-state index in [1.165, 1.54) is 5.56 Å². The molecular weight excluding hydrogens is 364 g/mol. The average Bonchev–Trinajstić information content (AvgIpc) is 3.19. The second-order valence-electron chi connectivity index (χ2n) is 7.54. The van der Waals surface area contributed by atoms with Gasteiger partial charge in [-0.1, -0.05) is 29.8 Å². The van der Waals surface area contributed by atoms with Crippen molar-refractivity contribution in [3.63, 3.8) is 0 Å². The number of hydrogen-bond donors (Lipinski definition) is 1. The van der Waals surface area contributed by atoms with Gasteiger partial charge in [-0.15, -0.1) is 0 Å². The SMILES string of the molecule is Cc1ccc(CNC(=O)C2CCN(c3cc(-n4ccnc4C)ncn3)CC2)cc1. The number of anilines is 1. The van der Waals surface area contributed by atoms with Gasteiger partial charge in [0.15, 0.2) is 0 Å². The molecule has 1 N–H and O–H groups in total. The van der Waals surface area contributed by atoms with Crippen LogP contribution in [0.5, 0.6) is 0 Å². The van der Waals surface area contributed by atoms with E-state index in [1.807, 2.05) is 23.8 Å². The summed E-state index contributed by atoms with van der Waals surface area (Å²) in [5.74, 6) is 2.78. The third kappa shape index (κ3) is 4.45. The molecular formula is C22H26N6O. The Bertz CT molecular complexity index is 973. The predicted octanol–water partition coefficient (Wildman–Crippen LogP) is 2.81. The second-order valence-corrected chi connectivity index (χ2v) is 7.54. The minimum absolute atomic E-state index is 0.0499. The first-order valence-electron chi connectivity index (χ1n) is 10.0. The summed E-state index contributed by atoms with van der Waals surface area (Å²) in [7, 11) is 0. The van der Waals surface area contributed by atoms with Crippen LogP contribution in [-0.2, 0) is 11.3 Å². The average molecular weight is 390 g/mol. The molecule has 0 bridgehead atoms. The minimum atomic E-state index is 0.0499. The summed E-state index contributed by atoms with van der Waals surface area (Å²) in [6.45, 7) is 6.21. The Labute approximate surface area is 170 Å². The lowest BCUT2D eigenvalue weighted by Gasteiger charge is -2.32. The molecule has 1 fully saturated rings. The van der Waals surface area contributed by atoms with Gasteiger partial charge in [0.05, 0.1) is 0 Å². The van der Waals surface area contributed by atoms with Crippen molar-refractivity contribution >= 4 is 11.7 Å². The molecule has 0 radical (unpaired) electrons. The Morgan fingerprint density at radius 1 is 1.07 bits per heavy atom. The number of carbonyl (C=O) groups excluding carboxylic acids is 1. The number of benzene rings is 1. The zero-order valence-corrected chi connectivity index (χ0v) is 16.9. The van der Waals surface area contributed by atoms with Gasteiger partial charge in [-0.3, -0.25) is 9.36 Å². The van der Waals surface area contributed by atoms with Crippen LogP contribution in [0.4, 0.5) is 5.82 Å². The Kier molecular flexibility index (Phi) is 5.55. The van der Waals surface area contributed by atoms with E-state index >= 15 is 0 Å². The third-order valence-corrected chi connectivity index (χ3v) is 5.49. The molecule has 1 aliphatic rings. The van der Waals surface area contributed by atoms with Gasteiger partial charge in [0.1, 0.15) is 23.8 Å². The molecule has 0 atom stereocenters. The lowest BCUT2D eigenvalue weighted by atomic mass is 9.96. The Hall–Kier alpha value is -3.22. The van der Waals surface area contributed by atoms with Crippen LogP contribution in [0.2, 0.25) is 0 Å². The van der Waals surface area contributed by atoms with Crippen LogP contribution in [0.15, 0.2) is 49.1 Å². The van der Waals surface area contributed by atoms with Gasteiger partial charge >= 0.3 is 0 Å². The largest absolute Gasteiger partial charge is 0.356 e. The minimum Gasteiger partial charge on any atom is -0.356 e. The van der Waals surface area contributed by atoms with E-state index < -0.39 is 0 Å². The number of imidazole rings is 1. The topological polar surface area (TPSA) is 75.9 Å². The number of aryl methyl sites for hydroxylation is 2. The number of hydrogen-bond acceptors (Lipinski definition) is 5. The van der Waals surface area contributed by atoms with Gasteiger partial charge < -0.3 is 10.2 Å². The standard InChI is InChI=1S/C22H26N6O/c1-16-3-5-18(6-4-16)14-24-22(29)19-7-10-27(11-8-19)20-13-21(26-15-25-20)28-12-9-23-17(28)2/h3-6,9,12-13,15,19H,7-8,10-11,14H2,1-2H3,(H,24,29). The Morgan fingerprint density at radius 3 is 2.48 bits per heavy atom. The molecule has 3 heterocycles. The highest BCUT2D eigenvalue weighted by Gasteiger charge is 2.25. The second kappa shape index (κ2) is 8.43. The summed E-state index contributed by atoms with van der Waals surface area (Å²) in [4.78, 5) is 27.8. The smallest absolute Gasteiger partial charge is 0.223 e. The molecule has 1 saturated heterocycles. The maximum Gasteiger partial charge on any atom is 0.223 e. The molecule has 0 unspecified atom stereocenters. The van der Waals surface area contributed by atoms with Crippen molar-refractivity contribution in [1.82, 2.24) is 24.8 Å². The van der Waals surface area contributed by atoms with Gasteiger partial charge in [0.2, 0.25) is 5.91 Å². The van der Waals surface area contributed by atoms with Crippen LogP contribution in [0.25, 0.3) is 5.82 Å². The third-order valence-electron chi connectivity index (χ3n) is 5.49. The lowest BCUT2D eigenvalue weighted by molar-refractivity contribution is -0.125. The molecule has 1 aliphatic heterocycles. The number of nitrogens with zero attached hydrogens (tertiary/aromatic N) is 5. The molecule has 3 aromatic rings. The van der Waals surface area contributed by atoms with E-state index in [9.17, 15) is 4.79 Å². The van der Waals surface area contributed by atoms with Crippen LogP contribution >= 0.6 is 0 Å². The van der Waals surface area contributed by atoms with Gasteiger partial charge in [-0.25, -0.2) is 15.0 Å². The molecule has 0 spiro atoms. The fraction of sp³-hybridized carbons (Fsp3) is 0.364. The zero-order chi connectivity index (χ0) is 20.2. The van der Waals surface area contributed by atoms with Gasteiger partial charge in [0, 0.05) is 44.0 Å². The number of aromatic nitrogens is 4. The van der Waals surface area contributed by atoms with E-state index in [4.69, 9.17) is 0 Å². The van der Waals surface area contributed by atoms with Crippen LogP contribution in [-0.4, -0.2) is 38.5 Å². The van der Waals surface area contributed by atoms with E-state index in [-0.39, 0.29) is 11.8 Å². The molecule has 1 aromatic carbocycles. The maximum absolute atomic E-state index is 12.6. The number of nitrogens with one attached hydrogen (secondary N) is 1. The molecule has 7 heteroatoms. The first kappa shape index (κ1) is 19.1. The van der Waals surface area contributed by atoms with Crippen LogP contribution in [0, 0.1) is 19.8 Å². The summed E-state index contributed by atoms with van der Waals surface area (Å²) in [6, 6.07) is 10.2. The predicted molar refractivity (Wildman–Crippen MR) is 112 cm³/mol. The maximum atomic E-state index is 12.6. The quantitative estimate of drug-likeness (QED) is 0.725. The monoisotopic (exact) mass is 390 g/mol. The summed E-state index contributed by atoms with van der Waals surface area (Å²) in [6.07, 6.45) is 6.89. The summed E-state index contributed by atoms with van der Waals surface area (Å²) < 4.78 is 1.94. The van der Waals surface area contributed by atoms with Crippen molar-refractivity contribution in [3.05, 3.63) is 66.0 Å². The van der Waals surface area contributed by atoms with Gasteiger partial charge in [-0.2, -0.15) is 0 Å². The highest BCUT2D eigenvalue weighted by Crippen LogP contribution is 2.23. The normalized spacial score (nSPS) is 14.8. The zero-order valence-electron chi connectivity index (χ0n) is 16.9. The Morgan fingerprint density at radius 2 is 1.79 bits per heavy atom. The number of rotatable bonds is 5. The molecule has 29 heavy (non-hydrogen) atoms. The van der Waals surface area contributed by atoms with Crippen molar-refractivity contribution < 1.29 is 4.79 Å². The highest BCUT2D eigenvalue weighted by atomic mass is 16.1. The van der Waals surface area contributed by atoms with E-state index in [2.05, 4.69) is 56.4 Å². The molecule has 4 rings (SSSR count). The summed E-state index contributed by atoms with van der Waals surface area (Å²) in [5, 5.41) is 3.08. The van der Waals surface area contributed by atoms with Crippen LogP contribution in [0.3, 0.4) is 0 Å². The first-order valence-corrected chi connectivity index (χ1v) is 10.0. The highest BCUT2D eigenvalue weighted by molar-refractivity contribution is 5.79. The number of amides is 1. The van der Waals surface area contributed by atoms with E-state index in [1.54, 1.807) is 12.5 Å². The van der Waals surface area contributed by atoms with Crippen LogP contribution < -0.4 is 10.2 Å². The lowest BCUT2D eigenvalue weighted by Crippen LogP contribution is -2.40. The van der Waals surface area contributed by atoms with Crippen molar-refractivity contribution in [3.8, 4) is 5.82 Å². The van der Waals surface area contributed by atoms with Crippen molar-refractivity contribution in [2.24, 2.45) is 5.92 Å². The molecule has 150 valence electrons. The van der Waals surface area contributed by atoms with Crippen molar-refractivity contribution in [1.29, 1.82) is 0 Å². The summed E-state index contributed by atoms with van der Waals surface area (Å²) >= 11 is 0. The number of piperidine rings is 1. The van der Waals surface area contributed by atoms with Gasteiger partial charge in [-0.05, 0) is 32.3 Å². The molecule has 2 aromatic heterocycles. The molecule has 0 saturated carbocycles. The van der Waals surface area contributed by atoms with Crippen LogP contribution in [0.1, 0.15) is 29.8 Å². The number of carbonyl (C=O) groups is 1. The molecule has 1 amide bonds. The van der Waals surface area contributed by atoms with Crippen molar-refractivity contribution in [2.75, 3.05) is 18.0 Å².